The van der Waals surface area contributed by atoms with Crippen molar-refractivity contribution in [3.63, 3.8) is 0 Å². The largest absolute Gasteiger partial charge is 0.493 e. The maximum absolute atomic E-state index is 13.2. The normalized spacial score (nSPS) is 15.4. The van der Waals surface area contributed by atoms with Gasteiger partial charge in [-0.1, -0.05) is 80.6 Å². The second-order valence-electron chi connectivity index (χ2n) is 9.47. The van der Waals surface area contributed by atoms with Gasteiger partial charge in [0.15, 0.2) is 5.78 Å². The fourth-order valence-electron chi connectivity index (χ4n) is 4.38. The molecule has 0 amide bonds. The number of carbonyl (C=O) groups excluding carboxylic acids is 2. The number of rotatable bonds is 13. The minimum absolute atomic E-state index is 0.195. The Kier molecular flexibility index (Phi) is 9.81. The minimum atomic E-state index is -0.511. The SMILES string of the molecule is C=C[C@H](OCc1ccccc1)C(C)(C)CC1=CC(OCC)=C(C(=O)OCC)/C1=C/C(=O)c1ccccc1. The molecule has 0 aliphatic heterocycles. The van der Waals surface area contributed by atoms with Crippen molar-refractivity contribution in [3.05, 3.63) is 119 Å². The molecule has 1 atom stereocenters. The predicted octanol–water partition coefficient (Wildman–Crippen LogP) is 6.78. The summed E-state index contributed by atoms with van der Waals surface area (Å²) < 4.78 is 17.4. The molecule has 0 spiro atoms. The van der Waals surface area contributed by atoms with Crippen molar-refractivity contribution >= 4 is 11.8 Å². The first-order valence-corrected chi connectivity index (χ1v) is 12.6. The van der Waals surface area contributed by atoms with Gasteiger partial charge in [-0.05, 0) is 54.5 Å². The van der Waals surface area contributed by atoms with E-state index in [0.717, 1.165) is 11.1 Å². The molecule has 0 saturated heterocycles. The van der Waals surface area contributed by atoms with Crippen molar-refractivity contribution in [2.24, 2.45) is 5.41 Å². The minimum Gasteiger partial charge on any atom is -0.493 e. The van der Waals surface area contributed by atoms with Crippen LogP contribution in [0.2, 0.25) is 0 Å². The number of hydrogen-bond donors (Lipinski definition) is 0. The van der Waals surface area contributed by atoms with Crippen molar-refractivity contribution in [2.75, 3.05) is 13.2 Å². The summed E-state index contributed by atoms with van der Waals surface area (Å²) in [6, 6.07) is 19.0. The Balaban J connectivity index is 1.95. The van der Waals surface area contributed by atoms with Crippen LogP contribution in [0.25, 0.3) is 0 Å². The molecule has 0 aromatic heterocycles. The van der Waals surface area contributed by atoms with Gasteiger partial charge in [-0.25, -0.2) is 4.79 Å². The molecular formula is C32H36O5. The van der Waals surface area contributed by atoms with E-state index < -0.39 is 11.4 Å². The highest BCUT2D eigenvalue weighted by Crippen LogP contribution is 2.42. The highest BCUT2D eigenvalue weighted by molar-refractivity contribution is 6.08. The number of ether oxygens (including phenoxy) is 3. The summed E-state index contributed by atoms with van der Waals surface area (Å²) in [4.78, 5) is 26.2. The Morgan fingerprint density at radius 3 is 2.22 bits per heavy atom. The van der Waals surface area contributed by atoms with Crippen LogP contribution in [0, 0.1) is 5.41 Å². The van der Waals surface area contributed by atoms with Crippen LogP contribution in [0.15, 0.2) is 108 Å². The van der Waals surface area contributed by atoms with Crippen LogP contribution >= 0.6 is 0 Å². The fraction of sp³-hybridized carbons (Fsp3) is 0.312. The van der Waals surface area contributed by atoms with E-state index in [-0.39, 0.29) is 24.1 Å². The van der Waals surface area contributed by atoms with Crippen LogP contribution in [0.4, 0.5) is 0 Å². The number of esters is 1. The molecule has 0 N–H and O–H groups in total. The maximum Gasteiger partial charge on any atom is 0.342 e. The lowest BCUT2D eigenvalue weighted by molar-refractivity contribution is -0.138. The van der Waals surface area contributed by atoms with Crippen LogP contribution in [0.1, 0.15) is 50.0 Å². The van der Waals surface area contributed by atoms with Gasteiger partial charge in [0, 0.05) is 5.56 Å². The van der Waals surface area contributed by atoms with E-state index in [0.29, 0.717) is 36.5 Å². The summed E-state index contributed by atoms with van der Waals surface area (Å²) in [6.07, 6.45) is 5.41. The van der Waals surface area contributed by atoms with E-state index in [9.17, 15) is 9.59 Å². The molecule has 194 valence electrons. The molecule has 1 aliphatic carbocycles. The van der Waals surface area contributed by atoms with Gasteiger partial charge in [0.05, 0.1) is 25.9 Å². The molecule has 0 saturated carbocycles. The standard InChI is InChI=1S/C32H36O5/c1-6-29(37-22-23-15-11-9-12-16-23)32(4,5)21-25-19-28(35-7-2)30(31(34)36-8-3)26(25)20-27(33)24-17-13-10-14-18-24/h6,9-20,29H,1,7-8,21-22H2,2-5H3/b26-20+/t29-/m0/s1. The van der Waals surface area contributed by atoms with Gasteiger partial charge >= 0.3 is 5.97 Å². The first kappa shape index (κ1) is 27.9. The van der Waals surface area contributed by atoms with Gasteiger partial charge < -0.3 is 14.2 Å². The second-order valence-corrected chi connectivity index (χ2v) is 9.47. The molecule has 0 radical (unpaired) electrons. The van der Waals surface area contributed by atoms with Gasteiger partial charge in [-0.3, -0.25) is 4.79 Å². The molecule has 3 rings (SSSR count). The Morgan fingerprint density at radius 1 is 0.973 bits per heavy atom. The Hall–Kier alpha value is -3.70. The smallest absolute Gasteiger partial charge is 0.342 e. The lowest BCUT2D eigenvalue weighted by Crippen LogP contribution is -2.31. The molecule has 1 aliphatic rings. The van der Waals surface area contributed by atoms with Crippen LogP contribution < -0.4 is 0 Å². The molecule has 5 heteroatoms. The fourth-order valence-corrected chi connectivity index (χ4v) is 4.38. The molecule has 37 heavy (non-hydrogen) atoms. The van der Waals surface area contributed by atoms with Gasteiger partial charge in [-0.2, -0.15) is 0 Å². The first-order chi connectivity index (χ1) is 17.8. The third-order valence-corrected chi connectivity index (χ3v) is 6.18. The molecule has 2 aromatic carbocycles. The number of hydrogen-bond acceptors (Lipinski definition) is 5. The van der Waals surface area contributed by atoms with Crippen molar-refractivity contribution < 1.29 is 23.8 Å². The van der Waals surface area contributed by atoms with E-state index in [2.05, 4.69) is 20.4 Å². The lowest BCUT2D eigenvalue weighted by atomic mass is 9.78. The van der Waals surface area contributed by atoms with Crippen molar-refractivity contribution in [2.45, 2.75) is 46.8 Å². The number of carbonyl (C=O) groups is 2. The van der Waals surface area contributed by atoms with Gasteiger partial charge in [0.1, 0.15) is 11.3 Å². The van der Waals surface area contributed by atoms with E-state index in [1.807, 2.05) is 61.5 Å². The Bertz CT molecular complexity index is 1190. The zero-order chi connectivity index (χ0) is 26.8. The molecule has 2 aromatic rings. The molecular weight excluding hydrogens is 464 g/mol. The topological polar surface area (TPSA) is 61.8 Å². The summed E-state index contributed by atoms with van der Waals surface area (Å²) in [5.74, 6) is -0.290. The summed E-state index contributed by atoms with van der Waals surface area (Å²) >= 11 is 0. The monoisotopic (exact) mass is 500 g/mol. The number of allylic oxidation sites excluding steroid dienone is 3. The summed E-state index contributed by atoms with van der Waals surface area (Å²) in [5, 5.41) is 0. The second kappa shape index (κ2) is 13.0. The first-order valence-electron chi connectivity index (χ1n) is 12.6. The van der Waals surface area contributed by atoms with E-state index in [1.54, 1.807) is 25.1 Å². The van der Waals surface area contributed by atoms with Crippen LogP contribution in [0.5, 0.6) is 0 Å². The van der Waals surface area contributed by atoms with Gasteiger partial charge in [0.2, 0.25) is 0 Å². The van der Waals surface area contributed by atoms with Crippen molar-refractivity contribution in [3.8, 4) is 0 Å². The summed E-state index contributed by atoms with van der Waals surface area (Å²) in [6.45, 7) is 12.8. The third-order valence-electron chi connectivity index (χ3n) is 6.18. The Labute approximate surface area is 220 Å². The average Bonchev–Trinajstić information content (AvgIpc) is 3.21. The van der Waals surface area contributed by atoms with Gasteiger partial charge in [-0.15, -0.1) is 6.58 Å². The summed E-state index contributed by atoms with van der Waals surface area (Å²) in [5.41, 5.74) is 2.82. The highest BCUT2D eigenvalue weighted by Gasteiger charge is 2.36. The third kappa shape index (κ3) is 7.17. The van der Waals surface area contributed by atoms with Gasteiger partial charge in [0.25, 0.3) is 0 Å². The highest BCUT2D eigenvalue weighted by atomic mass is 16.5. The van der Waals surface area contributed by atoms with Crippen molar-refractivity contribution in [1.82, 2.24) is 0 Å². The number of ketones is 1. The van der Waals surface area contributed by atoms with E-state index in [4.69, 9.17) is 14.2 Å². The molecule has 0 fully saturated rings. The van der Waals surface area contributed by atoms with Crippen LogP contribution in [0.3, 0.4) is 0 Å². The molecule has 0 unspecified atom stereocenters. The Morgan fingerprint density at radius 2 is 1.62 bits per heavy atom. The zero-order valence-corrected chi connectivity index (χ0v) is 22.2. The van der Waals surface area contributed by atoms with Crippen LogP contribution in [-0.4, -0.2) is 31.1 Å². The average molecular weight is 501 g/mol. The quantitative estimate of drug-likeness (QED) is 0.131. The lowest BCUT2D eigenvalue weighted by Gasteiger charge is -2.33. The zero-order valence-electron chi connectivity index (χ0n) is 22.2. The van der Waals surface area contributed by atoms with Crippen molar-refractivity contribution in [1.29, 1.82) is 0 Å². The number of benzene rings is 2. The maximum atomic E-state index is 13.2. The molecule has 0 heterocycles. The van der Waals surface area contributed by atoms with Crippen LogP contribution in [-0.2, 0) is 25.6 Å². The van der Waals surface area contributed by atoms with E-state index in [1.165, 1.54) is 6.08 Å². The molecule has 0 bridgehead atoms. The predicted molar refractivity (Wildman–Crippen MR) is 146 cm³/mol. The summed E-state index contributed by atoms with van der Waals surface area (Å²) in [7, 11) is 0. The van der Waals surface area contributed by atoms with E-state index >= 15 is 0 Å². The molecule has 5 nitrogen and oxygen atoms in total.